The Balaban J connectivity index is 2.05. The molecule has 96 valence electrons. The molecule has 1 aromatic carbocycles. The van der Waals surface area contributed by atoms with Crippen molar-refractivity contribution in [3.8, 4) is 0 Å². The predicted molar refractivity (Wildman–Crippen MR) is 72.2 cm³/mol. The van der Waals surface area contributed by atoms with Crippen molar-refractivity contribution < 1.29 is 4.79 Å². The first-order valence-corrected chi connectivity index (χ1v) is 6.18. The first-order chi connectivity index (χ1) is 8.70. The Morgan fingerprint density at radius 1 is 1.56 bits per heavy atom. The van der Waals surface area contributed by atoms with Gasteiger partial charge in [-0.3, -0.25) is 9.89 Å². The van der Waals surface area contributed by atoms with Crippen molar-refractivity contribution in [2.45, 2.75) is 32.2 Å². The summed E-state index contributed by atoms with van der Waals surface area (Å²) in [5.41, 5.74) is 7.53. The number of benzene rings is 1. The van der Waals surface area contributed by atoms with E-state index in [1.807, 2.05) is 18.2 Å². The lowest BCUT2D eigenvalue weighted by molar-refractivity contribution is -0.116. The van der Waals surface area contributed by atoms with E-state index in [0.29, 0.717) is 6.42 Å². The number of fused-ring (bicyclic) bond motifs is 1. The van der Waals surface area contributed by atoms with Crippen LogP contribution in [0.15, 0.2) is 24.4 Å². The molecule has 5 nitrogen and oxygen atoms in total. The zero-order chi connectivity index (χ0) is 13.0. The molecule has 0 bridgehead atoms. The molecule has 0 aliphatic rings. The molecule has 18 heavy (non-hydrogen) atoms. The minimum absolute atomic E-state index is 0.0512. The van der Waals surface area contributed by atoms with E-state index in [-0.39, 0.29) is 11.9 Å². The number of carbonyl (C=O) groups excluding carboxylic acids is 1. The highest BCUT2D eigenvalue weighted by Crippen LogP contribution is 2.21. The predicted octanol–water partition coefficient (Wildman–Crippen LogP) is 2.02. The van der Waals surface area contributed by atoms with E-state index in [1.165, 1.54) is 0 Å². The van der Waals surface area contributed by atoms with Gasteiger partial charge < -0.3 is 11.1 Å². The largest absolute Gasteiger partial charge is 0.327 e. The van der Waals surface area contributed by atoms with E-state index in [2.05, 4.69) is 22.4 Å². The molecule has 1 amide bonds. The molecule has 4 N–H and O–H groups in total. The molecule has 0 spiro atoms. The van der Waals surface area contributed by atoms with E-state index in [1.54, 1.807) is 6.20 Å². The Morgan fingerprint density at radius 2 is 2.39 bits per heavy atom. The lowest BCUT2D eigenvalue weighted by Gasteiger charge is -2.11. The highest BCUT2D eigenvalue weighted by molar-refractivity contribution is 6.00. The fourth-order valence-electron chi connectivity index (χ4n) is 1.99. The molecule has 1 atom stereocenters. The number of H-pyrrole nitrogens is 1. The number of nitrogens with two attached hydrogens (primary N) is 1. The molecule has 5 heteroatoms. The molecule has 0 saturated heterocycles. The number of amides is 1. The number of rotatable bonds is 5. The Labute approximate surface area is 106 Å². The molecular formula is C13H18N4O. The highest BCUT2D eigenvalue weighted by atomic mass is 16.1. The molecular weight excluding hydrogens is 228 g/mol. The lowest BCUT2D eigenvalue weighted by atomic mass is 10.1. The maximum absolute atomic E-state index is 11.8. The van der Waals surface area contributed by atoms with E-state index >= 15 is 0 Å². The molecule has 0 saturated carbocycles. The van der Waals surface area contributed by atoms with Gasteiger partial charge in [0.2, 0.25) is 5.91 Å². The summed E-state index contributed by atoms with van der Waals surface area (Å²) in [4.78, 5) is 11.8. The van der Waals surface area contributed by atoms with Crippen LogP contribution in [-0.2, 0) is 4.79 Å². The summed E-state index contributed by atoms with van der Waals surface area (Å²) >= 11 is 0. The summed E-state index contributed by atoms with van der Waals surface area (Å²) in [6.07, 6.45) is 3.91. The van der Waals surface area contributed by atoms with E-state index in [4.69, 9.17) is 5.73 Å². The summed E-state index contributed by atoms with van der Waals surface area (Å²) in [5.74, 6) is -0.0512. The topological polar surface area (TPSA) is 83.8 Å². The van der Waals surface area contributed by atoms with Crippen molar-refractivity contribution >= 4 is 22.5 Å². The first kappa shape index (κ1) is 12.6. The van der Waals surface area contributed by atoms with Gasteiger partial charge in [0, 0.05) is 17.8 Å². The zero-order valence-corrected chi connectivity index (χ0v) is 10.4. The molecule has 2 aromatic rings. The monoisotopic (exact) mass is 246 g/mol. The van der Waals surface area contributed by atoms with Crippen LogP contribution in [0.2, 0.25) is 0 Å². The van der Waals surface area contributed by atoms with Crippen LogP contribution < -0.4 is 11.1 Å². The van der Waals surface area contributed by atoms with Crippen LogP contribution in [0.3, 0.4) is 0 Å². The van der Waals surface area contributed by atoms with Crippen molar-refractivity contribution in [2.24, 2.45) is 5.73 Å². The van der Waals surface area contributed by atoms with E-state index in [0.717, 1.165) is 29.4 Å². The van der Waals surface area contributed by atoms with Crippen molar-refractivity contribution in [3.05, 3.63) is 24.4 Å². The van der Waals surface area contributed by atoms with Crippen molar-refractivity contribution in [2.75, 3.05) is 5.32 Å². The number of aromatic nitrogens is 2. The molecule has 0 aliphatic carbocycles. The number of anilines is 1. The Bertz CT molecular complexity index is 535. The molecule has 0 radical (unpaired) electrons. The summed E-state index contributed by atoms with van der Waals surface area (Å²) < 4.78 is 0. The van der Waals surface area contributed by atoms with Crippen LogP contribution in [0.5, 0.6) is 0 Å². The smallest absolute Gasteiger partial charge is 0.225 e. The third-order valence-electron chi connectivity index (χ3n) is 2.87. The van der Waals surface area contributed by atoms with Crippen LogP contribution in [-0.4, -0.2) is 22.1 Å². The van der Waals surface area contributed by atoms with Crippen molar-refractivity contribution in [1.82, 2.24) is 10.2 Å². The molecule has 0 fully saturated rings. The van der Waals surface area contributed by atoms with Crippen molar-refractivity contribution in [1.29, 1.82) is 0 Å². The number of aromatic amines is 1. The standard InChI is InChI=1S/C13H18N4O/c1-2-4-9(14)7-13(18)16-11-5-3-6-12-10(11)8-15-17-12/h3,5-6,8-9H,2,4,7,14H2,1H3,(H,15,17)(H,16,18). The summed E-state index contributed by atoms with van der Waals surface area (Å²) in [7, 11) is 0. The van der Waals surface area contributed by atoms with Gasteiger partial charge in [-0.2, -0.15) is 5.10 Å². The van der Waals surface area contributed by atoms with Gasteiger partial charge in [-0.1, -0.05) is 19.4 Å². The third kappa shape index (κ3) is 2.87. The minimum Gasteiger partial charge on any atom is -0.327 e. The fraction of sp³-hybridized carbons (Fsp3) is 0.385. The SMILES string of the molecule is CCCC(N)CC(=O)Nc1cccc2[nH]ncc12. The summed E-state index contributed by atoms with van der Waals surface area (Å²) in [6.45, 7) is 2.06. The van der Waals surface area contributed by atoms with Gasteiger partial charge in [0.05, 0.1) is 17.4 Å². The van der Waals surface area contributed by atoms with Gasteiger partial charge in [0.25, 0.3) is 0 Å². The first-order valence-electron chi connectivity index (χ1n) is 6.18. The average Bonchev–Trinajstić information content (AvgIpc) is 2.78. The number of nitrogens with zero attached hydrogens (tertiary/aromatic N) is 1. The van der Waals surface area contributed by atoms with Crippen LogP contribution in [0.1, 0.15) is 26.2 Å². The maximum Gasteiger partial charge on any atom is 0.225 e. The lowest BCUT2D eigenvalue weighted by Crippen LogP contribution is -2.26. The van der Waals surface area contributed by atoms with E-state index < -0.39 is 0 Å². The van der Waals surface area contributed by atoms with E-state index in [9.17, 15) is 4.79 Å². The molecule has 2 rings (SSSR count). The second-order valence-corrected chi connectivity index (χ2v) is 4.44. The second-order valence-electron chi connectivity index (χ2n) is 4.44. The van der Waals surface area contributed by atoms with Gasteiger partial charge in [-0.25, -0.2) is 0 Å². The highest BCUT2D eigenvalue weighted by Gasteiger charge is 2.10. The number of nitrogens with one attached hydrogen (secondary N) is 2. The van der Waals surface area contributed by atoms with Gasteiger partial charge in [-0.05, 0) is 18.6 Å². The van der Waals surface area contributed by atoms with Gasteiger partial charge in [0.1, 0.15) is 0 Å². The molecule has 1 unspecified atom stereocenters. The van der Waals surface area contributed by atoms with Crippen LogP contribution in [0, 0.1) is 0 Å². The number of carbonyl (C=O) groups is 1. The van der Waals surface area contributed by atoms with Gasteiger partial charge in [-0.15, -0.1) is 0 Å². The number of hydrogen-bond donors (Lipinski definition) is 3. The van der Waals surface area contributed by atoms with Gasteiger partial charge in [0.15, 0.2) is 0 Å². The Kier molecular flexibility index (Phi) is 3.94. The quantitative estimate of drug-likeness (QED) is 0.754. The average molecular weight is 246 g/mol. The fourth-order valence-corrected chi connectivity index (χ4v) is 1.99. The summed E-state index contributed by atoms with van der Waals surface area (Å²) in [5, 5.41) is 10.6. The third-order valence-corrected chi connectivity index (χ3v) is 2.87. The summed E-state index contributed by atoms with van der Waals surface area (Å²) in [6, 6.07) is 5.59. The molecule has 1 heterocycles. The van der Waals surface area contributed by atoms with Crippen LogP contribution in [0.4, 0.5) is 5.69 Å². The van der Waals surface area contributed by atoms with Gasteiger partial charge >= 0.3 is 0 Å². The molecule has 1 aromatic heterocycles. The zero-order valence-electron chi connectivity index (χ0n) is 10.4. The number of hydrogen-bond acceptors (Lipinski definition) is 3. The van der Waals surface area contributed by atoms with Crippen molar-refractivity contribution in [3.63, 3.8) is 0 Å². The minimum atomic E-state index is -0.0708. The Hall–Kier alpha value is -1.88. The maximum atomic E-state index is 11.8. The van der Waals surface area contributed by atoms with Crippen LogP contribution in [0.25, 0.3) is 10.9 Å². The molecule has 0 aliphatic heterocycles. The second kappa shape index (κ2) is 5.64. The van der Waals surface area contributed by atoms with Crippen LogP contribution >= 0.6 is 0 Å². The Morgan fingerprint density at radius 3 is 3.17 bits per heavy atom. The normalized spacial score (nSPS) is 12.6.